The summed E-state index contributed by atoms with van der Waals surface area (Å²) in [4.78, 5) is 21.6. The zero-order valence-electron chi connectivity index (χ0n) is 8.26. The Hall–Kier alpha value is -0.950. The van der Waals surface area contributed by atoms with Crippen LogP contribution in [0.4, 0.5) is 5.69 Å². The molecule has 8 heteroatoms. The van der Waals surface area contributed by atoms with Crippen LogP contribution in [0.2, 0.25) is 0 Å². The molecule has 7 nitrogen and oxygen atoms in total. The van der Waals surface area contributed by atoms with Gasteiger partial charge in [0.25, 0.3) is 0 Å². The number of aliphatic hydroxyl groups excluding tert-OH is 1. The van der Waals surface area contributed by atoms with Crippen molar-refractivity contribution in [2.75, 3.05) is 11.9 Å². The highest BCUT2D eigenvalue weighted by Gasteiger charge is 2.00. The van der Waals surface area contributed by atoms with Gasteiger partial charge in [-0.05, 0) is 12.1 Å². The zero-order chi connectivity index (χ0) is 12.6. The smallest absolute Gasteiger partial charge is 0.380 e. The minimum atomic E-state index is -4.64. The number of anilines is 1. The number of nitrogens with one attached hydrogen (secondary N) is 1. The van der Waals surface area contributed by atoms with E-state index in [1.807, 2.05) is 30.3 Å². The van der Waals surface area contributed by atoms with E-state index in [1.54, 1.807) is 0 Å². The molecule has 0 aliphatic carbocycles. The first-order valence-corrected chi connectivity index (χ1v) is 5.79. The molecule has 0 saturated heterocycles. The van der Waals surface area contributed by atoms with E-state index in [0.717, 1.165) is 5.69 Å². The summed E-state index contributed by atoms with van der Waals surface area (Å²) in [7, 11) is -4.64. The van der Waals surface area contributed by atoms with Crippen LogP contribution in [0.15, 0.2) is 30.3 Å². The molecule has 0 unspecified atom stereocenters. The normalized spacial score (nSPS) is 10.6. The van der Waals surface area contributed by atoms with Crippen molar-refractivity contribution in [3.63, 3.8) is 0 Å². The molecule has 1 aromatic rings. The summed E-state index contributed by atoms with van der Waals surface area (Å²) in [5.74, 6) is 0. The Morgan fingerprint density at radius 3 is 1.94 bits per heavy atom. The van der Waals surface area contributed by atoms with E-state index < -0.39 is 14.1 Å². The predicted molar refractivity (Wildman–Crippen MR) is 57.4 cm³/mol. The molecule has 0 atom stereocenters. The third-order valence-electron chi connectivity index (χ3n) is 1.26. The number of phosphoric acid groups is 1. The predicted octanol–water partition coefficient (Wildman–Crippen LogP) is -0.519. The summed E-state index contributed by atoms with van der Waals surface area (Å²) < 4.78 is 8.88. The highest BCUT2D eigenvalue weighted by atomic mass is 31.2. The van der Waals surface area contributed by atoms with E-state index in [9.17, 15) is 0 Å². The number of rotatable bonds is 3. The van der Waals surface area contributed by atoms with Crippen LogP contribution in [0, 0.1) is 0 Å². The van der Waals surface area contributed by atoms with Gasteiger partial charge in [0, 0.05) is 5.69 Å². The van der Waals surface area contributed by atoms with Crippen molar-refractivity contribution < 1.29 is 29.5 Å². The maximum absolute atomic E-state index is 8.88. The molecule has 1 aromatic carbocycles. The van der Waals surface area contributed by atoms with Gasteiger partial charge in [-0.25, -0.2) is 4.57 Å². The standard InChI is InChI=1S/C8H11NO2.H3O4P/c10-8(11)6-9-7-4-2-1-3-5-7;1-5(2,3)4/h1-5,8-11H,6H2;(H3,1,2,3,4). The van der Waals surface area contributed by atoms with Crippen LogP contribution in [-0.2, 0) is 4.57 Å². The van der Waals surface area contributed by atoms with Crippen LogP contribution >= 0.6 is 7.82 Å². The molecule has 0 aromatic heterocycles. The Kier molecular flexibility index (Phi) is 6.91. The fourth-order valence-corrected chi connectivity index (χ4v) is 0.765. The van der Waals surface area contributed by atoms with Crippen LogP contribution in [-0.4, -0.2) is 37.7 Å². The highest BCUT2D eigenvalue weighted by Crippen LogP contribution is 2.25. The quantitative estimate of drug-likeness (QED) is 0.315. The number of benzene rings is 1. The minimum Gasteiger partial charge on any atom is -0.380 e. The molecule has 1 rings (SSSR count). The van der Waals surface area contributed by atoms with E-state index in [-0.39, 0.29) is 6.54 Å². The second-order valence-corrected chi connectivity index (χ2v) is 3.77. The summed E-state index contributed by atoms with van der Waals surface area (Å²) in [5.41, 5.74) is 0.889. The lowest BCUT2D eigenvalue weighted by molar-refractivity contribution is -0.0275. The number of aliphatic hydroxyl groups is 2. The van der Waals surface area contributed by atoms with E-state index in [1.165, 1.54) is 0 Å². The topological polar surface area (TPSA) is 130 Å². The third kappa shape index (κ3) is 13.1. The SMILES string of the molecule is O=P(O)(O)O.OC(O)CNc1ccccc1. The van der Waals surface area contributed by atoms with Crippen molar-refractivity contribution in [2.45, 2.75) is 6.29 Å². The maximum atomic E-state index is 8.88. The van der Waals surface area contributed by atoms with E-state index in [2.05, 4.69) is 5.32 Å². The Bertz CT molecular complexity index is 316. The fraction of sp³-hybridized carbons (Fsp3) is 0.250. The summed E-state index contributed by atoms with van der Waals surface area (Å²) in [6.07, 6.45) is -1.30. The summed E-state index contributed by atoms with van der Waals surface area (Å²) in [6, 6.07) is 9.39. The van der Waals surface area contributed by atoms with Gasteiger partial charge in [-0.2, -0.15) is 0 Å². The Balaban J connectivity index is 0.000000385. The Morgan fingerprint density at radius 2 is 1.56 bits per heavy atom. The lowest BCUT2D eigenvalue weighted by atomic mass is 10.3. The number of hydrogen-bond donors (Lipinski definition) is 6. The highest BCUT2D eigenvalue weighted by molar-refractivity contribution is 7.45. The van der Waals surface area contributed by atoms with Gasteiger partial charge in [-0.15, -0.1) is 0 Å². The summed E-state index contributed by atoms with van der Waals surface area (Å²) >= 11 is 0. The van der Waals surface area contributed by atoms with Crippen LogP contribution in [0.5, 0.6) is 0 Å². The average Bonchev–Trinajstić information content (AvgIpc) is 2.14. The molecule has 0 aliphatic rings. The van der Waals surface area contributed by atoms with Gasteiger partial charge in [0.2, 0.25) is 0 Å². The summed E-state index contributed by atoms with van der Waals surface area (Å²) in [5, 5.41) is 19.9. The largest absolute Gasteiger partial charge is 0.466 e. The molecular formula is C8H14NO6P. The average molecular weight is 251 g/mol. The van der Waals surface area contributed by atoms with Crippen molar-refractivity contribution >= 4 is 13.5 Å². The van der Waals surface area contributed by atoms with Crippen LogP contribution in [0.1, 0.15) is 0 Å². The van der Waals surface area contributed by atoms with Crippen molar-refractivity contribution in [1.29, 1.82) is 0 Å². The number of hydrogen-bond acceptors (Lipinski definition) is 4. The first-order valence-electron chi connectivity index (χ1n) is 4.22. The molecule has 0 radical (unpaired) electrons. The Morgan fingerprint density at radius 1 is 1.12 bits per heavy atom. The first-order chi connectivity index (χ1) is 7.29. The van der Waals surface area contributed by atoms with Crippen LogP contribution < -0.4 is 5.32 Å². The Labute approximate surface area is 92.2 Å². The molecule has 0 fully saturated rings. The van der Waals surface area contributed by atoms with E-state index in [4.69, 9.17) is 29.5 Å². The van der Waals surface area contributed by atoms with Crippen LogP contribution in [0.25, 0.3) is 0 Å². The minimum absolute atomic E-state index is 0.157. The second kappa shape index (κ2) is 7.34. The van der Waals surface area contributed by atoms with Crippen LogP contribution in [0.3, 0.4) is 0 Å². The molecule has 0 spiro atoms. The molecular weight excluding hydrogens is 237 g/mol. The molecule has 0 aliphatic heterocycles. The van der Waals surface area contributed by atoms with Gasteiger partial charge in [0.15, 0.2) is 6.29 Å². The lowest BCUT2D eigenvalue weighted by Crippen LogP contribution is -2.17. The second-order valence-electron chi connectivity index (χ2n) is 2.74. The van der Waals surface area contributed by atoms with Crippen molar-refractivity contribution in [2.24, 2.45) is 0 Å². The number of para-hydroxylation sites is 1. The van der Waals surface area contributed by atoms with Crippen molar-refractivity contribution in [3.05, 3.63) is 30.3 Å². The van der Waals surface area contributed by atoms with Gasteiger partial charge in [-0.3, -0.25) is 0 Å². The van der Waals surface area contributed by atoms with Crippen molar-refractivity contribution in [3.8, 4) is 0 Å². The van der Waals surface area contributed by atoms with Gasteiger partial charge in [-0.1, -0.05) is 18.2 Å². The molecule has 92 valence electrons. The molecule has 0 heterocycles. The van der Waals surface area contributed by atoms with Gasteiger partial charge in [0.05, 0.1) is 6.54 Å². The third-order valence-corrected chi connectivity index (χ3v) is 1.26. The van der Waals surface area contributed by atoms with Gasteiger partial charge < -0.3 is 30.2 Å². The monoisotopic (exact) mass is 251 g/mol. The van der Waals surface area contributed by atoms with Gasteiger partial charge in [0.1, 0.15) is 0 Å². The van der Waals surface area contributed by atoms with Gasteiger partial charge >= 0.3 is 7.82 Å². The lowest BCUT2D eigenvalue weighted by Gasteiger charge is -2.06. The fourth-order valence-electron chi connectivity index (χ4n) is 0.765. The van der Waals surface area contributed by atoms with Crippen molar-refractivity contribution in [1.82, 2.24) is 0 Å². The molecule has 16 heavy (non-hydrogen) atoms. The maximum Gasteiger partial charge on any atom is 0.466 e. The first kappa shape index (κ1) is 15.0. The van der Waals surface area contributed by atoms with E-state index >= 15 is 0 Å². The zero-order valence-corrected chi connectivity index (χ0v) is 9.16. The molecule has 0 amide bonds. The molecule has 0 bridgehead atoms. The molecule has 0 saturated carbocycles. The van der Waals surface area contributed by atoms with E-state index in [0.29, 0.717) is 0 Å². The summed E-state index contributed by atoms with van der Waals surface area (Å²) in [6.45, 7) is 0.157. The molecule has 6 N–H and O–H groups in total.